The molecule has 0 aliphatic heterocycles. The number of benzene rings is 2. The Bertz CT molecular complexity index is 786. The van der Waals surface area contributed by atoms with E-state index >= 15 is 0 Å². The molecule has 0 radical (unpaired) electrons. The van der Waals surface area contributed by atoms with Crippen molar-refractivity contribution in [3.63, 3.8) is 0 Å². The van der Waals surface area contributed by atoms with Crippen LogP contribution in [0.15, 0.2) is 47.1 Å². The van der Waals surface area contributed by atoms with E-state index in [0.717, 1.165) is 27.3 Å². The van der Waals surface area contributed by atoms with Gasteiger partial charge in [0.15, 0.2) is 0 Å². The van der Waals surface area contributed by atoms with E-state index < -0.39 is 0 Å². The van der Waals surface area contributed by atoms with Gasteiger partial charge in [-0.3, -0.25) is 4.79 Å². The molecular weight excluding hydrogens is 262 g/mol. The average molecular weight is 281 g/mol. The molecule has 0 aliphatic rings. The first kappa shape index (κ1) is 13.7. The van der Waals surface area contributed by atoms with E-state index in [2.05, 4.69) is 31.3 Å². The van der Waals surface area contributed by atoms with Crippen molar-refractivity contribution < 1.29 is 9.21 Å². The van der Waals surface area contributed by atoms with Gasteiger partial charge in [0.05, 0.1) is 12.7 Å². The highest BCUT2D eigenvalue weighted by atomic mass is 16.3. The molecule has 3 aromatic rings. The van der Waals surface area contributed by atoms with Crippen LogP contribution >= 0.6 is 0 Å². The van der Waals surface area contributed by atoms with E-state index in [1.807, 2.05) is 24.3 Å². The van der Waals surface area contributed by atoms with Gasteiger partial charge >= 0.3 is 0 Å². The van der Waals surface area contributed by atoms with Crippen molar-refractivity contribution in [2.24, 2.45) is 5.92 Å². The molecule has 21 heavy (non-hydrogen) atoms. The van der Waals surface area contributed by atoms with Crippen LogP contribution in [0.3, 0.4) is 0 Å². The van der Waals surface area contributed by atoms with Crippen LogP contribution in [-0.4, -0.2) is 12.5 Å². The van der Waals surface area contributed by atoms with Gasteiger partial charge in [-0.05, 0) is 22.8 Å². The monoisotopic (exact) mass is 281 g/mol. The zero-order valence-electron chi connectivity index (χ0n) is 12.3. The summed E-state index contributed by atoms with van der Waals surface area (Å²) in [6, 6.07) is 12.2. The molecule has 0 bridgehead atoms. The summed E-state index contributed by atoms with van der Waals surface area (Å²) in [5.41, 5.74) is 1.78. The third-order valence-corrected chi connectivity index (χ3v) is 3.60. The molecule has 0 saturated heterocycles. The SMILES string of the molecule is CC(C)CNC(=O)Cc1coc2ccc3ccccc3c12. The van der Waals surface area contributed by atoms with Crippen LogP contribution in [0.1, 0.15) is 19.4 Å². The summed E-state index contributed by atoms with van der Waals surface area (Å²) >= 11 is 0. The first-order valence-corrected chi connectivity index (χ1v) is 7.29. The van der Waals surface area contributed by atoms with Gasteiger partial charge in [0.1, 0.15) is 5.58 Å². The zero-order chi connectivity index (χ0) is 14.8. The Hall–Kier alpha value is -2.29. The second kappa shape index (κ2) is 5.60. The molecule has 1 heterocycles. The first-order valence-electron chi connectivity index (χ1n) is 7.29. The number of nitrogens with one attached hydrogen (secondary N) is 1. The summed E-state index contributed by atoms with van der Waals surface area (Å²) in [4.78, 5) is 12.0. The van der Waals surface area contributed by atoms with Crippen molar-refractivity contribution in [2.45, 2.75) is 20.3 Å². The van der Waals surface area contributed by atoms with Crippen molar-refractivity contribution in [1.29, 1.82) is 0 Å². The van der Waals surface area contributed by atoms with Crippen LogP contribution in [0, 0.1) is 5.92 Å². The maximum Gasteiger partial charge on any atom is 0.224 e. The third kappa shape index (κ3) is 2.77. The van der Waals surface area contributed by atoms with E-state index in [1.165, 1.54) is 0 Å². The van der Waals surface area contributed by atoms with Crippen LogP contribution < -0.4 is 5.32 Å². The van der Waals surface area contributed by atoms with Gasteiger partial charge in [-0.25, -0.2) is 0 Å². The van der Waals surface area contributed by atoms with E-state index in [-0.39, 0.29) is 5.91 Å². The van der Waals surface area contributed by atoms with E-state index in [1.54, 1.807) is 6.26 Å². The van der Waals surface area contributed by atoms with Crippen LogP contribution in [0.4, 0.5) is 0 Å². The van der Waals surface area contributed by atoms with Crippen molar-refractivity contribution in [1.82, 2.24) is 5.32 Å². The van der Waals surface area contributed by atoms with Crippen molar-refractivity contribution in [2.75, 3.05) is 6.54 Å². The smallest absolute Gasteiger partial charge is 0.224 e. The Morgan fingerprint density at radius 1 is 1.19 bits per heavy atom. The van der Waals surface area contributed by atoms with Gasteiger partial charge in [-0.1, -0.05) is 44.2 Å². The number of furan rings is 1. The molecule has 3 heteroatoms. The first-order chi connectivity index (χ1) is 10.1. The quantitative estimate of drug-likeness (QED) is 0.788. The Balaban J connectivity index is 1.96. The minimum absolute atomic E-state index is 0.0411. The van der Waals surface area contributed by atoms with Gasteiger partial charge in [-0.15, -0.1) is 0 Å². The minimum Gasteiger partial charge on any atom is -0.464 e. The summed E-state index contributed by atoms with van der Waals surface area (Å²) in [7, 11) is 0. The molecule has 0 aliphatic carbocycles. The van der Waals surface area contributed by atoms with Crippen LogP contribution in [0.2, 0.25) is 0 Å². The lowest BCUT2D eigenvalue weighted by Gasteiger charge is -2.07. The Morgan fingerprint density at radius 2 is 2.00 bits per heavy atom. The molecule has 0 unspecified atom stereocenters. The highest BCUT2D eigenvalue weighted by Crippen LogP contribution is 2.30. The van der Waals surface area contributed by atoms with Gasteiger partial charge < -0.3 is 9.73 Å². The van der Waals surface area contributed by atoms with Crippen molar-refractivity contribution in [3.8, 4) is 0 Å². The molecule has 3 rings (SSSR count). The number of amides is 1. The van der Waals surface area contributed by atoms with E-state index in [9.17, 15) is 4.79 Å². The van der Waals surface area contributed by atoms with Crippen molar-refractivity contribution >= 4 is 27.6 Å². The van der Waals surface area contributed by atoms with Gasteiger partial charge in [0.2, 0.25) is 5.91 Å². The molecule has 108 valence electrons. The Labute approximate surface area is 123 Å². The lowest BCUT2D eigenvalue weighted by atomic mass is 10.0. The number of hydrogen-bond donors (Lipinski definition) is 1. The Morgan fingerprint density at radius 3 is 2.81 bits per heavy atom. The van der Waals surface area contributed by atoms with E-state index in [4.69, 9.17) is 4.42 Å². The maximum absolute atomic E-state index is 12.0. The lowest BCUT2D eigenvalue weighted by Crippen LogP contribution is -2.28. The Kier molecular flexibility index (Phi) is 3.65. The van der Waals surface area contributed by atoms with Gasteiger partial charge in [0, 0.05) is 17.5 Å². The molecule has 3 nitrogen and oxygen atoms in total. The number of carbonyl (C=O) groups excluding carboxylic acids is 1. The molecule has 1 amide bonds. The highest BCUT2D eigenvalue weighted by molar-refractivity contribution is 6.08. The second-order valence-corrected chi connectivity index (χ2v) is 5.80. The number of rotatable bonds is 4. The zero-order valence-corrected chi connectivity index (χ0v) is 12.3. The number of carbonyl (C=O) groups is 1. The van der Waals surface area contributed by atoms with Crippen LogP contribution in [0.5, 0.6) is 0 Å². The molecule has 1 N–H and O–H groups in total. The standard InChI is InChI=1S/C18H19NO2/c1-12(2)10-19-17(20)9-14-11-21-16-8-7-13-5-3-4-6-15(13)18(14)16/h3-8,11-12H,9-10H2,1-2H3,(H,19,20). The second-order valence-electron chi connectivity index (χ2n) is 5.80. The summed E-state index contributed by atoms with van der Waals surface area (Å²) in [5.74, 6) is 0.496. The summed E-state index contributed by atoms with van der Waals surface area (Å²) in [5, 5.41) is 6.30. The van der Waals surface area contributed by atoms with Crippen molar-refractivity contribution in [3.05, 3.63) is 48.2 Å². The summed E-state index contributed by atoms with van der Waals surface area (Å²) < 4.78 is 5.60. The molecule has 1 aromatic heterocycles. The molecule has 0 fully saturated rings. The topological polar surface area (TPSA) is 42.2 Å². The van der Waals surface area contributed by atoms with Crippen LogP contribution in [0.25, 0.3) is 21.7 Å². The van der Waals surface area contributed by atoms with Gasteiger partial charge in [-0.2, -0.15) is 0 Å². The van der Waals surface area contributed by atoms with E-state index in [0.29, 0.717) is 18.9 Å². The average Bonchev–Trinajstić information content (AvgIpc) is 2.88. The number of hydrogen-bond acceptors (Lipinski definition) is 2. The third-order valence-electron chi connectivity index (χ3n) is 3.60. The summed E-state index contributed by atoms with van der Waals surface area (Å²) in [6.45, 7) is 4.87. The fraction of sp³-hybridized carbons (Fsp3) is 0.278. The van der Waals surface area contributed by atoms with Crippen LogP contribution in [-0.2, 0) is 11.2 Å². The molecule has 2 aromatic carbocycles. The highest BCUT2D eigenvalue weighted by Gasteiger charge is 2.13. The predicted octanol–water partition coefficient (Wildman–Crippen LogP) is 3.90. The fourth-order valence-corrected chi connectivity index (χ4v) is 2.56. The number of fused-ring (bicyclic) bond motifs is 3. The predicted molar refractivity (Wildman–Crippen MR) is 85.3 cm³/mol. The minimum atomic E-state index is 0.0411. The van der Waals surface area contributed by atoms with Gasteiger partial charge in [0.25, 0.3) is 0 Å². The molecule has 0 spiro atoms. The largest absolute Gasteiger partial charge is 0.464 e. The fourth-order valence-electron chi connectivity index (χ4n) is 2.56. The lowest BCUT2D eigenvalue weighted by molar-refractivity contribution is -0.120. The summed E-state index contributed by atoms with van der Waals surface area (Å²) in [6.07, 6.45) is 2.06. The molecule has 0 atom stereocenters. The maximum atomic E-state index is 12.0. The normalized spacial score (nSPS) is 11.4. The molecule has 0 saturated carbocycles. The molecular formula is C18H19NO2.